The molecule has 12 N–H and O–H groups in total. The Labute approximate surface area is 733 Å². The Morgan fingerprint density at radius 1 is 0.260 bits per heavy atom. The number of nitrogens with zero attached hydrogens (tertiary/aromatic N) is 2. The Bertz CT molecular complexity index is 5080. The van der Waals surface area contributed by atoms with Crippen LogP contribution >= 0.6 is 0 Å². The largest absolute Gasteiger partial charge is 0.478 e. The number of carbonyl (C=O) groups excluding carboxylic acids is 10. The van der Waals surface area contributed by atoms with Crippen molar-refractivity contribution in [1.82, 2.24) is 0 Å². The highest BCUT2D eigenvalue weighted by Gasteiger charge is 2.41. The van der Waals surface area contributed by atoms with Gasteiger partial charge in [-0.25, -0.2) is 38.6 Å². The Morgan fingerprint density at radius 2 is 0.441 bits per heavy atom. The average molecular weight is 1720 g/mol. The fourth-order valence-electron chi connectivity index (χ4n) is 17.5. The summed E-state index contributed by atoms with van der Waals surface area (Å²) in [5.74, 6) is -9.28. The van der Waals surface area contributed by atoms with E-state index in [1.807, 2.05) is 170 Å². The van der Waals surface area contributed by atoms with Gasteiger partial charge in [-0.2, -0.15) is 0 Å². The van der Waals surface area contributed by atoms with Crippen LogP contribution in [0.3, 0.4) is 0 Å². The van der Waals surface area contributed by atoms with Crippen LogP contribution in [0.1, 0.15) is 173 Å². The third-order valence-electron chi connectivity index (χ3n) is 23.6. The van der Waals surface area contributed by atoms with Crippen molar-refractivity contribution < 1.29 is 92.3 Å². The van der Waals surface area contributed by atoms with E-state index < -0.39 is 59.4 Å². The van der Waals surface area contributed by atoms with Crippen LogP contribution in [-0.2, 0) is 93.5 Å². The molecule has 0 atom stereocenters. The van der Waals surface area contributed by atoms with Gasteiger partial charge in [0.25, 0.3) is 23.6 Å². The Hall–Kier alpha value is -15.3. The number of carbonyl (C=O) groups is 14. The van der Waals surface area contributed by atoms with Crippen molar-refractivity contribution in [3.05, 3.63) is 324 Å². The number of ether oxygens (including phenoxy) is 1. The lowest BCUT2D eigenvalue weighted by atomic mass is 9.65. The topological polar surface area (TPSA) is 436 Å². The molecule has 8 amide bonds. The molecule has 0 spiro atoms. The van der Waals surface area contributed by atoms with Gasteiger partial charge in [-0.1, -0.05) is 174 Å². The van der Waals surface area contributed by atoms with Crippen molar-refractivity contribution in [2.45, 2.75) is 150 Å². The maximum absolute atomic E-state index is 12.0. The molecule has 7 aliphatic rings. The molecule has 15 rings (SSSR count). The van der Waals surface area contributed by atoms with E-state index in [1.54, 1.807) is 0 Å². The average Bonchev–Trinajstić information content (AvgIpc) is 1.72. The maximum atomic E-state index is 12.0. The highest BCUT2D eigenvalue weighted by molar-refractivity contribution is 6.29. The van der Waals surface area contributed by atoms with Crippen LogP contribution in [0.4, 0.5) is 45.5 Å². The smallest absolute Gasteiger partial charge is 0.338 e. The molecule has 27 heteroatoms. The third-order valence-corrected chi connectivity index (χ3v) is 23.6. The number of carboxylic acid groups (broad SMARTS) is 4. The Balaban J connectivity index is 0.000000162. The van der Waals surface area contributed by atoms with Crippen molar-refractivity contribution in [2.24, 2.45) is 0 Å². The van der Waals surface area contributed by atoms with Crippen molar-refractivity contribution in [2.75, 3.05) is 42.5 Å². The van der Waals surface area contributed by atoms with Crippen molar-refractivity contribution >= 4 is 129 Å². The number of nitrogen functional groups attached to an aromatic ring is 2. The SMILES string of the molecule is Nc1ccc(C2(c3ccc(N)cc3)CCCCC2)cc1.O=C(O)/C=C/C(=O)Nc1ccc(C2(c3ccc(NC(=O)/C=C/C(=O)O)cc3)CCCCC2)cc1.O=C(O)/C=C/C(=O)Nc1ccc(C2(c3ccc(NC(=O)/C=C/C(=O)O)cc3)CCCCC2)cc1.O=C1C=CC(=O)N1c1ccc(C2(c3ccc(N4C(=O)C=CC4=O)cc3)CCCCC2)cc1.O=C1C=CC(=O)O1. The first-order valence-corrected chi connectivity index (χ1v) is 41.9. The molecule has 4 fully saturated rings. The van der Waals surface area contributed by atoms with E-state index in [0.29, 0.717) is 34.1 Å². The van der Waals surface area contributed by atoms with Gasteiger partial charge in [0.05, 0.1) is 11.4 Å². The Morgan fingerprint density at radius 3 is 0.614 bits per heavy atom. The van der Waals surface area contributed by atoms with Crippen LogP contribution in [0.5, 0.6) is 0 Å². The highest BCUT2D eigenvalue weighted by atomic mass is 16.6. The van der Waals surface area contributed by atoms with E-state index in [4.69, 9.17) is 31.9 Å². The summed E-state index contributed by atoms with van der Waals surface area (Å²) in [5, 5.41) is 45.2. The summed E-state index contributed by atoms with van der Waals surface area (Å²) in [4.78, 5) is 160. The van der Waals surface area contributed by atoms with E-state index in [9.17, 15) is 67.1 Å². The van der Waals surface area contributed by atoms with Crippen LogP contribution in [0, 0.1) is 0 Å². The first kappa shape index (κ1) is 92.4. The Kier molecular flexibility index (Phi) is 31.4. The second-order valence-corrected chi connectivity index (χ2v) is 31.6. The first-order chi connectivity index (χ1) is 61.0. The highest BCUT2D eigenvalue weighted by Crippen LogP contribution is 2.50. The molecule has 0 unspecified atom stereocenters. The number of hydrogen-bond acceptors (Lipinski definition) is 17. The number of nitrogens with one attached hydrogen (secondary N) is 4. The molecule has 8 aromatic rings. The van der Waals surface area contributed by atoms with Crippen molar-refractivity contribution in [3.8, 4) is 0 Å². The summed E-state index contributed by atoms with van der Waals surface area (Å²) < 4.78 is 3.97. The second kappa shape index (κ2) is 43.2. The number of hydrogen-bond donors (Lipinski definition) is 10. The minimum absolute atomic E-state index is 0.139. The van der Waals surface area contributed by atoms with E-state index in [-0.39, 0.29) is 45.3 Å². The molecule has 127 heavy (non-hydrogen) atoms. The predicted molar refractivity (Wildman–Crippen MR) is 481 cm³/mol. The molecule has 0 radical (unpaired) electrons. The molecule has 4 aliphatic carbocycles. The van der Waals surface area contributed by atoms with E-state index in [2.05, 4.69) is 50.3 Å². The summed E-state index contributed by atoms with van der Waals surface area (Å²) in [5.41, 5.74) is 25.8. The minimum Gasteiger partial charge on any atom is -0.478 e. The number of rotatable bonds is 22. The molecule has 8 aromatic carbocycles. The van der Waals surface area contributed by atoms with Crippen LogP contribution in [0.2, 0.25) is 0 Å². The van der Waals surface area contributed by atoms with Gasteiger partial charge >= 0.3 is 35.8 Å². The summed E-state index contributed by atoms with van der Waals surface area (Å²) in [6.07, 6.45) is 36.5. The molecule has 0 aromatic heterocycles. The molecular weight excluding hydrogens is 1620 g/mol. The van der Waals surface area contributed by atoms with Crippen LogP contribution in [0.25, 0.3) is 0 Å². The van der Waals surface area contributed by atoms with Gasteiger partial charge in [0, 0.05) is 141 Å². The van der Waals surface area contributed by atoms with Crippen molar-refractivity contribution in [3.63, 3.8) is 0 Å². The van der Waals surface area contributed by atoms with Gasteiger partial charge in [0.15, 0.2) is 0 Å². The number of nitrogens with two attached hydrogens (primary N) is 2. The summed E-state index contributed by atoms with van der Waals surface area (Å²) >= 11 is 0. The van der Waals surface area contributed by atoms with Gasteiger partial charge in [-0.15, -0.1) is 0 Å². The fourth-order valence-corrected chi connectivity index (χ4v) is 17.5. The lowest BCUT2D eigenvalue weighted by Gasteiger charge is -2.39. The number of anilines is 8. The zero-order chi connectivity index (χ0) is 90.7. The summed E-state index contributed by atoms with van der Waals surface area (Å²) in [6.45, 7) is 0. The number of cyclic esters (lactones) is 2. The molecule has 27 nitrogen and oxygen atoms in total. The van der Waals surface area contributed by atoms with Gasteiger partial charge in [-0.3, -0.25) is 38.4 Å². The maximum Gasteiger partial charge on any atom is 0.338 e. The first-order valence-electron chi connectivity index (χ1n) is 41.9. The quantitative estimate of drug-likeness (QED) is 0.00990. The molecular formula is C100H98N8O19. The van der Waals surface area contributed by atoms with Gasteiger partial charge in [0.2, 0.25) is 23.6 Å². The molecule has 0 bridgehead atoms. The number of imide groups is 2. The summed E-state index contributed by atoms with van der Waals surface area (Å²) in [7, 11) is 0. The van der Waals surface area contributed by atoms with Crippen molar-refractivity contribution in [1.29, 1.82) is 0 Å². The standard InChI is InChI=1S/2C26H26N2O6.C26H22N2O4.C18H22N2.C4H2O3/c2*29-22(12-14-24(31)32)27-20-8-4-18(5-9-20)26(16-2-1-3-17-26)19-6-10-21(11-7-19)28-23(30)13-15-25(33)34;29-22-12-13-23(30)27(22)20-8-4-18(5-9-20)26(16-2-1-3-17-26)19-6-10-21(11-7-19)28-24(31)14-15-25(28)32;19-16-8-4-14(5-9-16)18(12-2-1-3-13-18)15-6-10-17(20)11-7-15;5-3-1-2-4(6)7-3/h2*4-15H,1-3,16-17H2,(H,27,29)(H,28,30)(H,31,32)(H,33,34);4-15H,1-3,16-17H2;4-11H,1-3,12-13,19-20H2;1-2H/b2*14-12+,15-13+;;;. The normalized spacial score (nSPS) is 16.9. The molecule has 4 saturated carbocycles. The predicted octanol–water partition coefficient (Wildman–Crippen LogP) is 15.7. The zero-order valence-corrected chi connectivity index (χ0v) is 69.7. The zero-order valence-electron chi connectivity index (χ0n) is 69.7. The van der Waals surface area contributed by atoms with Crippen LogP contribution in [-0.4, -0.2) is 103 Å². The monoisotopic (exact) mass is 1710 g/mol. The lowest BCUT2D eigenvalue weighted by molar-refractivity contribution is -0.150. The minimum atomic E-state index is -1.19. The van der Waals surface area contributed by atoms with Gasteiger partial charge in [-0.05, 0) is 193 Å². The van der Waals surface area contributed by atoms with Crippen LogP contribution in [0.15, 0.2) is 279 Å². The number of esters is 2. The number of amides is 8. The molecule has 652 valence electrons. The third kappa shape index (κ3) is 24.4. The number of benzene rings is 8. The van der Waals surface area contributed by atoms with E-state index >= 15 is 0 Å². The fraction of sp³-hybridized carbons (Fsp3) is 0.240. The van der Waals surface area contributed by atoms with Gasteiger partial charge < -0.3 is 57.9 Å². The van der Waals surface area contributed by atoms with Crippen LogP contribution < -0.4 is 42.5 Å². The van der Waals surface area contributed by atoms with Gasteiger partial charge in [0.1, 0.15) is 0 Å². The second-order valence-electron chi connectivity index (χ2n) is 31.6. The molecule has 0 saturated heterocycles. The number of aliphatic carboxylic acids is 4. The molecule has 3 aliphatic heterocycles. The van der Waals surface area contributed by atoms with E-state index in [1.165, 1.54) is 83.8 Å². The summed E-state index contributed by atoms with van der Waals surface area (Å²) in [6, 6.07) is 62.5. The number of carboxylic acids is 4. The van der Waals surface area contributed by atoms with E-state index in [0.717, 1.165) is 195 Å². The molecule has 3 heterocycles. The lowest BCUT2D eigenvalue weighted by Crippen LogP contribution is -2.32.